The molecule has 0 amide bonds. The van der Waals surface area contributed by atoms with Gasteiger partial charge in [-0.2, -0.15) is 78.3 Å². The van der Waals surface area contributed by atoms with E-state index >= 15 is 0 Å². The minimum absolute atomic E-state index is 0.0153. The largest absolute Gasteiger partial charge is 0.743 e. The van der Waals surface area contributed by atoms with Crippen molar-refractivity contribution in [3.63, 3.8) is 0 Å². The molecular formula is C94H98F14O22S8. The molecule has 13 rings (SSSR count). The second-order valence-electron chi connectivity index (χ2n) is 31.7. The molecule has 1 fully saturated rings. The SMILES string of the molecule is CCC(C)(C)C(=O)OCCOC(=O)C(F)(F)S(=O)(=O)[O-].CCC(C)c1ccc(OS(=O)(=O)C(F)(F)C(F)(F)C(F)(F)S(=O)(=O)[O-])cc1.CCC(C)c1ccc(OS(=O)(=O)C(F)(F)C(F)(F)C(F)(F)S(=O)(=O)[O-])cc1.CCCCOc1ccc([S+]2CCCC2)c2ccccc12.OCCc1ccc(-[s+]2c3ccccc3c3ccccc32)cc1.OCCc1ccc(-[s+]2c3ccccc3c3ccccc32)cc1. The number of hydrogen-bond donors (Lipinski definition) is 2. The quantitative estimate of drug-likeness (QED) is 0.00944. The molecule has 2 aromatic heterocycles. The van der Waals surface area contributed by atoms with Gasteiger partial charge < -0.3 is 46.4 Å². The maximum absolute atomic E-state index is 13.6. The average molecular weight is 2100 g/mol. The second kappa shape index (κ2) is 46.7. The van der Waals surface area contributed by atoms with Crippen molar-refractivity contribution in [1.82, 2.24) is 0 Å². The number of fused-ring (bicyclic) bond motifs is 7. The molecule has 1 saturated heterocycles. The van der Waals surface area contributed by atoms with E-state index in [9.17, 15) is 127 Å². The van der Waals surface area contributed by atoms with Crippen LogP contribution in [0.3, 0.4) is 0 Å². The zero-order valence-corrected chi connectivity index (χ0v) is 81.6. The van der Waals surface area contributed by atoms with E-state index in [1.807, 2.05) is 13.8 Å². The number of ether oxygens (including phenoxy) is 3. The summed E-state index contributed by atoms with van der Waals surface area (Å²) in [4.78, 5) is 26.4. The molecule has 10 aromatic carbocycles. The van der Waals surface area contributed by atoms with Crippen molar-refractivity contribution in [2.45, 2.75) is 168 Å². The first-order valence-electron chi connectivity index (χ1n) is 42.4. The highest BCUT2D eigenvalue weighted by Gasteiger charge is 2.82. The molecule has 2 unspecified atom stereocenters. The normalized spacial score (nSPS) is 13.8. The molecule has 3 heterocycles. The molecule has 0 spiro atoms. The van der Waals surface area contributed by atoms with Crippen molar-refractivity contribution >= 4 is 145 Å². The maximum atomic E-state index is 13.6. The summed E-state index contributed by atoms with van der Waals surface area (Å²) >= 11 is 0. The lowest BCUT2D eigenvalue weighted by molar-refractivity contribution is -0.247. The van der Waals surface area contributed by atoms with Crippen molar-refractivity contribution in [1.29, 1.82) is 0 Å². The van der Waals surface area contributed by atoms with Crippen LogP contribution in [0, 0.1) is 5.41 Å². The fraction of sp³-hybridized carbons (Fsp3) is 0.362. The number of aliphatic hydroxyl groups is 2. The van der Waals surface area contributed by atoms with Crippen molar-refractivity contribution in [2.75, 3.05) is 44.5 Å². The van der Waals surface area contributed by atoms with Crippen LogP contribution in [0.4, 0.5) is 61.5 Å². The van der Waals surface area contributed by atoms with Gasteiger partial charge in [0.1, 0.15) is 42.0 Å². The van der Waals surface area contributed by atoms with Gasteiger partial charge in [0.05, 0.1) is 12.0 Å². The van der Waals surface area contributed by atoms with E-state index < -0.39 is 131 Å². The number of halogens is 14. The first-order chi connectivity index (χ1) is 64.4. The zero-order chi connectivity index (χ0) is 103. The number of benzene rings is 10. The van der Waals surface area contributed by atoms with Crippen LogP contribution in [0.5, 0.6) is 17.2 Å². The van der Waals surface area contributed by atoms with Gasteiger partial charge in [-0.1, -0.05) is 163 Å². The van der Waals surface area contributed by atoms with Crippen LogP contribution in [0.2, 0.25) is 0 Å². The van der Waals surface area contributed by atoms with Crippen LogP contribution >= 0.6 is 20.9 Å². The van der Waals surface area contributed by atoms with E-state index in [0.717, 1.165) is 55.9 Å². The highest BCUT2D eigenvalue weighted by molar-refractivity contribution is 7.97. The number of esters is 2. The van der Waals surface area contributed by atoms with Gasteiger partial charge in [-0.05, 0) is 215 Å². The third kappa shape index (κ3) is 25.7. The smallest absolute Gasteiger partial charge is 0.450 e. The van der Waals surface area contributed by atoms with Crippen LogP contribution in [-0.2, 0) is 93.4 Å². The van der Waals surface area contributed by atoms with Crippen LogP contribution in [0.25, 0.3) is 60.9 Å². The minimum atomic E-state index is -7.33. The number of carbonyl (C=O) groups is 2. The Morgan fingerprint density at radius 2 is 0.725 bits per heavy atom. The van der Waals surface area contributed by atoms with Gasteiger partial charge in [-0.3, -0.25) is 4.79 Å². The summed E-state index contributed by atoms with van der Waals surface area (Å²) in [6.45, 7) is 14.2. The molecule has 0 radical (unpaired) electrons. The number of alkyl halides is 14. The highest BCUT2D eigenvalue weighted by atomic mass is 32.2. The molecule has 12 aromatic rings. The number of aliphatic hydroxyl groups excluding tert-OH is 2. The Bertz CT molecular complexity index is 6360. The van der Waals surface area contributed by atoms with E-state index in [-0.39, 0.29) is 46.0 Å². The molecule has 22 nitrogen and oxygen atoms in total. The molecule has 2 atom stereocenters. The van der Waals surface area contributed by atoms with Crippen LogP contribution in [0.1, 0.15) is 134 Å². The van der Waals surface area contributed by atoms with Crippen molar-refractivity contribution in [3.8, 4) is 27.0 Å². The lowest BCUT2D eigenvalue weighted by Gasteiger charge is -2.32. The summed E-state index contributed by atoms with van der Waals surface area (Å²) < 4.78 is 350. The molecule has 752 valence electrons. The Kier molecular flexibility index (Phi) is 38.4. The fourth-order valence-electron chi connectivity index (χ4n) is 13.2. The average Bonchev–Trinajstić information content (AvgIpc) is 1.14. The number of carbonyl (C=O) groups excluding carboxylic acids is 2. The molecule has 0 aliphatic carbocycles. The molecule has 1 aliphatic heterocycles. The first kappa shape index (κ1) is 113. The Morgan fingerprint density at radius 1 is 0.399 bits per heavy atom. The standard InChI is InChI=1S/2C20H17OS.C18H23OS.2C13H14F6O6S2.C10H16F2O7S/c2*21-14-13-15-9-11-16(12-10-15)22-19-7-3-1-5-17(19)18-6-2-4-8-20(18)22;1-2-3-12-19-17-10-11-18(20-13-6-7-14-20)16-9-5-4-8-15(16)17;2*1-3-8(2)9-4-6-10(7-5-9)25-27(23,24)13(18,19)11(14,15)12(16,17)26(20,21)22;1-4-9(2,3)7(13)18-5-6-19-8(14)10(11,12)20(15,16)17/h2*1-12,21H,13-14H2;4-5,8-11H,2-3,6-7,12-14H2,1H3;2*4-8H,3H2,1-2H3,(H,20,21,22);4-6H2,1-3H3,(H,15,16,17)/q3*+1;;;/p-3. The predicted molar refractivity (Wildman–Crippen MR) is 500 cm³/mol. The van der Waals surface area contributed by atoms with Crippen LogP contribution in [0.15, 0.2) is 235 Å². The number of thiophene rings is 2. The Balaban J connectivity index is 0.000000204. The van der Waals surface area contributed by atoms with Crippen LogP contribution in [-0.4, -0.2) is 161 Å². The van der Waals surface area contributed by atoms with E-state index in [2.05, 4.69) is 207 Å². The summed E-state index contributed by atoms with van der Waals surface area (Å²) in [7, 11) is -34.0. The molecule has 1 aliphatic rings. The minimum Gasteiger partial charge on any atom is -0.743 e. The lowest BCUT2D eigenvalue weighted by atomic mass is 9.91. The number of unbranched alkanes of at least 4 members (excludes halogenated alkanes) is 1. The molecular weight excluding hydrogens is 2000 g/mol. The monoisotopic (exact) mass is 2100 g/mol. The number of hydrogen-bond acceptors (Lipinski definition) is 22. The Hall–Kier alpha value is -9.84. The summed E-state index contributed by atoms with van der Waals surface area (Å²) in [6, 6.07) is 73.7. The Morgan fingerprint density at radius 3 is 1.04 bits per heavy atom. The van der Waals surface area contributed by atoms with Gasteiger partial charge in [-0.25, -0.2) is 30.0 Å². The summed E-state index contributed by atoms with van der Waals surface area (Å²) in [5.41, 5.74) is 2.82. The van der Waals surface area contributed by atoms with E-state index in [4.69, 9.17) is 14.9 Å². The fourth-order valence-corrected chi connectivity index (χ4v) is 23.5. The van der Waals surface area contributed by atoms with E-state index in [0.29, 0.717) is 41.3 Å². The van der Waals surface area contributed by atoms with Gasteiger partial charge in [0.15, 0.2) is 63.8 Å². The molecule has 2 N–H and O–H groups in total. The van der Waals surface area contributed by atoms with E-state index in [1.165, 1.54) is 127 Å². The van der Waals surface area contributed by atoms with Crippen molar-refractivity contribution in [2.24, 2.45) is 5.41 Å². The molecule has 44 heteroatoms. The van der Waals surface area contributed by atoms with Gasteiger partial charge >= 0.3 is 70.3 Å². The Labute approximate surface area is 797 Å². The summed E-state index contributed by atoms with van der Waals surface area (Å²) in [6.07, 6.45) is 8.32. The maximum Gasteiger partial charge on any atom is 0.450 e. The van der Waals surface area contributed by atoms with Gasteiger partial charge in [0.25, 0.3) is 0 Å². The van der Waals surface area contributed by atoms with Crippen molar-refractivity contribution in [3.05, 3.63) is 253 Å². The van der Waals surface area contributed by atoms with Crippen LogP contribution < -0.4 is 13.1 Å². The third-order valence-electron chi connectivity index (χ3n) is 21.9. The zero-order valence-electron chi connectivity index (χ0n) is 75.0. The van der Waals surface area contributed by atoms with Gasteiger partial charge in [0.2, 0.25) is 0 Å². The number of rotatable bonds is 34. The van der Waals surface area contributed by atoms with E-state index in [1.54, 1.807) is 39.5 Å². The topological polar surface area (TPSA) is 361 Å². The molecule has 0 bridgehead atoms. The summed E-state index contributed by atoms with van der Waals surface area (Å²) in [5, 5.41) is -6.21. The third-order valence-corrected chi connectivity index (χ3v) is 34.2. The second-order valence-corrected chi connectivity index (χ2v) is 45.3. The predicted octanol–water partition coefficient (Wildman–Crippen LogP) is 22.5. The van der Waals surface area contributed by atoms with Gasteiger partial charge in [-0.15, -0.1) is 0 Å². The lowest BCUT2D eigenvalue weighted by Crippen LogP contribution is -2.61. The molecule has 138 heavy (non-hydrogen) atoms. The first-order valence-corrected chi connectivity index (χ1v) is 53.4. The highest BCUT2D eigenvalue weighted by Crippen LogP contribution is 2.55. The van der Waals surface area contributed by atoms with Gasteiger partial charge in [0, 0.05) is 77.4 Å². The summed E-state index contributed by atoms with van der Waals surface area (Å²) in [5.74, 6) is -15.4. The van der Waals surface area contributed by atoms with Crippen molar-refractivity contribution < 1.29 is 160 Å². The molecule has 0 saturated carbocycles.